The van der Waals surface area contributed by atoms with Gasteiger partial charge in [-0.3, -0.25) is 4.79 Å². The minimum absolute atomic E-state index is 0.220. The molecule has 0 heterocycles. The standard InChI is InChI=1S/C13H16F2N2O4/c1-20-6-5-16-10(18)7-17-9-4-3-8(13(19)21-2)11(14)12(9)15/h3-4,17H,5-7H2,1-2H3,(H,16,18). The van der Waals surface area contributed by atoms with Gasteiger partial charge in [0.1, 0.15) is 0 Å². The molecule has 21 heavy (non-hydrogen) atoms. The quantitative estimate of drug-likeness (QED) is 0.579. The van der Waals surface area contributed by atoms with Crippen molar-refractivity contribution < 1.29 is 27.8 Å². The zero-order valence-electron chi connectivity index (χ0n) is 11.7. The summed E-state index contributed by atoms with van der Waals surface area (Å²) in [6.07, 6.45) is 0. The number of nitrogens with one attached hydrogen (secondary N) is 2. The van der Waals surface area contributed by atoms with Gasteiger partial charge >= 0.3 is 5.97 Å². The molecule has 0 aliphatic rings. The molecule has 0 atom stereocenters. The van der Waals surface area contributed by atoms with Crippen molar-refractivity contribution in [3.8, 4) is 0 Å². The minimum Gasteiger partial charge on any atom is -0.465 e. The molecule has 1 aromatic rings. The SMILES string of the molecule is COCCNC(=O)CNc1ccc(C(=O)OC)c(F)c1F. The number of anilines is 1. The number of hydrogen-bond acceptors (Lipinski definition) is 5. The van der Waals surface area contributed by atoms with E-state index < -0.39 is 29.1 Å². The molecule has 0 saturated heterocycles. The first kappa shape index (κ1) is 16.8. The van der Waals surface area contributed by atoms with Crippen molar-refractivity contribution in [3.05, 3.63) is 29.3 Å². The molecule has 0 aliphatic carbocycles. The summed E-state index contributed by atoms with van der Waals surface area (Å²) in [6.45, 7) is 0.426. The van der Waals surface area contributed by atoms with Crippen LogP contribution in [0, 0.1) is 11.6 Å². The van der Waals surface area contributed by atoms with Gasteiger partial charge in [-0.1, -0.05) is 0 Å². The number of esters is 1. The summed E-state index contributed by atoms with van der Waals surface area (Å²) in [5.74, 6) is -3.95. The Morgan fingerprint density at radius 1 is 1.19 bits per heavy atom. The van der Waals surface area contributed by atoms with Crippen molar-refractivity contribution in [1.82, 2.24) is 5.32 Å². The molecule has 0 radical (unpaired) electrons. The number of methoxy groups -OCH3 is 2. The van der Waals surface area contributed by atoms with Crippen LogP contribution in [0.4, 0.5) is 14.5 Å². The summed E-state index contributed by atoms with van der Waals surface area (Å²) in [6, 6.07) is 2.24. The third-order valence-corrected chi connectivity index (χ3v) is 2.56. The predicted molar refractivity (Wildman–Crippen MR) is 71.1 cm³/mol. The maximum absolute atomic E-state index is 13.7. The molecule has 6 nitrogen and oxygen atoms in total. The van der Waals surface area contributed by atoms with Gasteiger partial charge in [0, 0.05) is 13.7 Å². The summed E-state index contributed by atoms with van der Waals surface area (Å²) in [5, 5.41) is 4.95. The van der Waals surface area contributed by atoms with E-state index in [0.717, 1.165) is 19.2 Å². The topological polar surface area (TPSA) is 76.7 Å². The van der Waals surface area contributed by atoms with Crippen LogP contribution in [0.3, 0.4) is 0 Å². The summed E-state index contributed by atoms with van der Waals surface area (Å²) in [4.78, 5) is 22.6. The fourth-order valence-electron chi connectivity index (χ4n) is 1.48. The van der Waals surface area contributed by atoms with Gasteiger partial charge in [0.25, 0.3) is 0 Å². The lowest BCUT2D eigenvalue weighted by Crippen LogP contribution is -2.32. The highest BCUT2D eigenvalue weighted by Crippen LogP contribution is 2.21. The minimum atomic E-state index is -1.33. The van der Waals surface area contributed by atoms with Crippen molar-refractivity contribution in [2.45, 2.75) is 0 Å². The highest BCUT2D eigenvalue weighted by molar-refractivity contribution is 5.90. The molecule has 1 amide bonds. The zero-order chi connectivity index (χ0) is 15.8. The third-order valence-electron chi connectivity index (χ3n) is 2.56. The van der Waals surface area contributed by atoms with Crippen molar-refractivity contribution in [2.24, 2.45) is 0 Å². The average Bonchev–Trinajstić information content (AvgIpc) is 2.48. The molecule has 1 aromatic carbocycles. The lowest BCUT2D eigenvalue weighted by molar-refractivity contribution is -0.119. The molecule has 0 unspecified atom stereocenters. The summed E-state index contributed by atoms with van der Waals surface area (Å²) < 4.78 is 36.4. The predicted octanol–water partition coefficient (Wildman–Crippen LogP) is 0.926. The van der Waals surface area contributed by atoms with Crippen LogP contribution in [-0.2, 0) is 14.3 Å². The summed E-state index contributed by atoms with van der Waals surface area (Å²) in [5.41, 5.74) is -0.729. The highest BCUT2D eigenvalue weighted by atomic mass is 19.2. The van der Waals surface area contributed by atoms with E-state index in [0.29, 0.717) is 13.2 Å². The summed E-state index contributed by atoms with van der Waals surface area (Å²) in [7, 11) is 2.56. The maximum Gasteiger partial charge on any atom is 0.340 e. The molecule has 116 valence electrons. The average molecular weight is 302 g/mol. The van der Waals surface area contributed by atoms with Gasteiger partial charge in [-0.2, -0.15) is 0 Å². The molecule has 2 N–H and O–H groups in total. The Morgan fingerprint density at radius 2 is 1.90 bits per heavy atom. The number of halogens is 2. The first-order valence-corrected chi connectivity index (χ1v) is 6.07. The fraction of sp³-hybridized carbons (Fsp3) is 0.385. The fourth-order valence-corrected chi connectivity index (χ4v) is 1.48. The van der Waals surface area contributed by atoms with E-state index in [1.165, 1.54) is 7.11 Å². The van der Waals surface area contributed by atoms with Crippen LogP contribution in [0.1, 0.15) is 10.4 Å². The normalized spacial score (nSPS) is 10.1. The van der Waals surface area contributed by atoms with Gasteiger partial charge < -0.3 is 20.1 Å². The van der Waals surface area contributed by atoms with Gasteiger partial charge in [-0.15, -0.1) is 0 Å². The molecule has 8 heteroatoms. The number of amides is 1. The number of carbonyl (C=O) groups is 2. The Kier molecular flexibility index (Phi) is 6.54. The molecule has 1 rings (SSSR count). The van der Waals surface area contributed by atoms with E-state index >= 15 is 0 Å². The molecular weight excluding hydrogens is 286 g/mol. The molecule has 0 bridgehead atoms. The van der Waals surface area contributed by atoms with Gasteiger partial charge in [0.2, 0.25) is 5.91 Å². The van der Waals surface area contributed by atoms with Gasteiger partial charge in [-0.25, -0.2) is 13.6 Å². The van der Waals surface area contributed by atoms with Crippen LogP contribution >= 0.6 is 0 Å². The van der Waals surface area contributed by atoms with Gasteiger partial charge in [0.15, 0.2) is 11.6 Å². The number of ether oxygens (including phenoxy) is 2. The monoisotopic (exact) mass is 302 g/mol. The third kappa shape index (κ3) is 4.67. The number of benzene rings is 1. The van der Waals surface area contributed by atoms with Crippen molar-refractivity contribution in [3.63, 3.8) is 0 Å². The number of carbonyl (C=O) groups excluding carboxylic acids is 2. The van der Waals surface area contributed by atoms with Gasteiger partial charge in [-0.05, 0) is 12.1 Å². The first-order valence-electron chi connectivity index (χ1n) is 6.07. The van der Waals surface area contributed by atoms with E-state index in [-0.39, 0.29) is 12.2 Å². The second kappa shape index (κ2) is 8.15. The smallest absolute Gasteiger partial charge is 0.340 e. The molecule has 0 aromatic heterocycles. The van der Waals surface area contributed by atoms with Crippen LogP contribution in [0.2, 0.25) is 0 Å². The van der Waals surface area contributed by atoms with Crippen LogP contribution in [-0.4, -0.2) is 45.8 Å². The number of hydrogen-bond donors (Lipinski definition) is 2. The Labute approximate surface area is 120 Å². The van der Waals surface area contributed by atoms with Crippen molar-refractivity contribution in [2.75, 3.05) is 39.2 Å². The lowest BCUT2D eigenvalue weighted by Gasteiger charge is -2.10. The van der Waals surface area contributed by atoms with E-state index in [4.69, 9.17) is 4.74 Å². The second-order valence-corrected chi connectivity index (χ2v) is 3.98. The Bertz CT molecular complexity index is 523. The number of rotatable bonds is 7. The maximum atomic E-state index is 13.7. The molecule has 0 saturated carbocycles. The van der Waals surface area contributed by atoms with Crippen molar-refractivity contribution in [1.29, 1.82) is 0 Å². The highest BCUT2D eigenvalue weighted by Gasteiger charge is 2.19. The Morgan fingerprint density at radius 3 is 2.52 bits per heavy atom. The largest absolute Gasteiger partial charge is 0.465 e. The second-order valence-electron chi connectivity index (χ2n) is 3.98. The molecule has 0 aliphatic heterocycles. The van der Waals surface area contributed by atoms with Crippen LogP contribution in [0.15, 0.2) is 12.1 Å². The molecular formula is C13H16F2N2O4. The Hall–Kier alpha value is -2.22. The summed E-state index contributed by atoms with van der Waals surface area (Å²) >= 11 is 0. The van der Waals surface area contributed by atoms with Gasteiger partial charge in [0.05, 0.1) is 31.5 Å². The van der Waals surface area contributed by atoms with E-state index in [9.17, 15) is 18.4 Å². The van der Waals surface area contributed by atoms with Crippen LogP contribution in [0.25, 0.3) is 0 Å². The first-order chi connectivity index (χ1) is 10.0. The lowest BCUT2D eigenvalue weighted by atomic mass is 10.2. The Balaban J connectivity index is 2.67. The zero-order valence-corrected chi connectivity index (χ0v) is 11.7. The van der Waals surface area contributed by atoms with E-state index in [1.54, 1.807) is 0 Å². The van der Waals surface area contributed by atoms with Crippen LogP contribution < -0.4 is 10.6 Å². The van der Waals surface area contributed by atoms with E-state index in [1.807, 2.05) is 0 Å². The van der Waals surface area contributed by atoms with Crippen molar-refractivity contribution >= 4 is 17.6 Å². The van der Waals surface area contributed by atoms with E-state index in [2.05, 4.69) is 15.4 Å². The molecule has 0 spiro atoms. The van der Waals surface area contributed by atoms with Crippen LogP contribution in [0.5, 0.6) is 0 Å². The molecule has 0 fully saturated rings.